The lowest BCUT2D eigenvalue weighted by molar-refractivity contribution is -0.156. The van der Waals surface area contributed by atoms with Crippen LogP contribution in [0.5, 0.6) is 5.75 Å². The SMILES string of the molecule is Cc1cc(OC2CC(=O)C23CCCCC3)ccc1Br. The van der Waals surface area contributed by atoms with Crippen molar-refractivity contribution < 1.29 is 9.53 Å². The molecule has 1 aromatic rings. The van der Waals surface area contributed by atoms with Crippen LogP contribution < -0.4 is 4.74 Å². The average Bonchev–Trinajstić information content (AvgIpc) is 2.43. The molecule has 0 aromatic heterocycles. The highest BCUT2D eigenvalue weighted by atomic mass is 79.9. The van der Waals surface area contributed by atoms with E-state index in [2.05, 4.69) is 22.9 Å². The van der Waals surface area contributed by atoms with E-state index in [1.54, 1.807) is 0 Å². The van der Waals surface area contributed by atoms with Gasteiger partial charge in [-0.2, -0.15) is 0 Å². The molecule has 2 nitrogen and oxygen atoms in total. The first-order valence-electron chi connectivity index (χ1n) is 7.08. The van der Waals surface area contributed by atoms with E-state index in [4.69, 9.17) is 4.74 Å². The first-order valence-corrected chi connectivity index (χ1v) is 7.87. The van der Waals surface area contributed by atoms with E-state index in [1.807, 2.05) is 18.2 Å². The van der Waals surface area contributed by atoms with E-state index in [-0.39, 0.29) is 11.5 Å². The molecule has 0 amide bonds. The number of carbonyl (C=O) groups excluding carboxylic acids is 1. The van der Waals surface area contributed by atoms with Crippen molar-refractivity contribution in [3.63, 3.8) is 0 Å². The van der Waals surface area contributed by atoms with E-state index >= 15 is 0 Å². The molecule has 0 radical (unpaired) electrons. The largest absolute Gasteiger partial charge is 0.489 e. The summed E-state index contributed by atoms with van der Waals surface area (Å²) in [6, 6.07) is 6.04. The molecule has 1 unspecified atom stereocenters. The number of halogens is 1. The molecule has 0 bridgehead atoms. The fourth-order valence-corrected chi connectivity index (χ4v) is 3.65. The van der Waals surface area contributed by atoms with Crippen molar-refractivity contribution in [3.8, 4) is 5.75 Å². The molecule has 19 heavy (non-hydrogen) atoms. The Morgan fingerprint density at radius 1 is 1.26 bits per heavy atom. The lowest BCUT2D eigenvalue weighted by atomic mass is 9.57. The Kier molecular flexibility index (Phi) is 3.42. The molecule has 1 aromatic carbocycles. The molecule has 2 aliphatic rings. The maximum atomic E-state index is 12.0. The van der Waals surface area contributed by atoms with Gasteiger partial charge in [-0.3, -0.25) is 4.79 Å². The number of carbonyl (C=O) groups is 1. The quantitative estimate of drug-likeness (QED) is 0.805. The highest BCUT2D eigenvalue weighted by molar-refractivity contribution is 9.10. The number of Topliss-reactive ketones (excluding diaryl/α,β-unsaturated/α-hetero) is 1. The van der Waals surface area contributed by atoms with Gasteiger partial charge in [0.2, 0.25) is 0 Å². The standard InChI is InChI=1S/C16H19BrO2/c1-11-9-12(5-6-13(11)17)19-15-10-14(18)16(15)7-3-2-4-8-16/h5-6,9,15H,2-4,7-8,10H2,1H3. The van der Waals surface area contributed by atoms with Crippen LogP contribution in [0.1, 0.15) is 44.1 Å². The van der Waals surface area contributed by atoms with Crippen molar-refractivity contribution in [2.45, 2.75) is 51.6 Å². The lowest BCUT2D eigenvalue weighted by Gasteiger charge is -2.49. The molecular weight excluding hydrogens is 304 g/mol. The summed E-state index contributed by atoms with van der Waals surface area (Å²) >= 11 is 3.50. The summed E-state index contributed by atoms with van der Waals surface area (Å²) in [5, 5.41) is 0. The third-order valence-electron chi connectivity index (χ3n) is 4.70. The number of benzene rings is 1. The van der Waals surface area contributed by atoms with Crippen molar-refractivity contribution in [1.82, 2.24) is 0 Å². The summed E-state index contributed by atoms with van der Waals surface area (Å²) in [5.74, 6) is 1.31. The predicted octanol–water partition coefficient (Wildman–Crippen LogP) is 4.43. The fourth-order valence-electron chi connectivity index (χ4n) is 3.41. The number of hydrogen-bond donors (Lipinski definition) is 0. The highest BCUT2D eigenvalue weighted by Gasteiger charge is 2.56. The van der Waals surface area contributed by atoms with E-state index in [9.17, 15) is 4.79 Å². The van der Waals surface area contributed by atoms with E-state index in [0.717, 1.165) is 23.1 Å². The number of aryl methyl sites for hydroxylation is 1. The molecule has 1 spiro atoms. The van der Waals surface area contributed by atoms with Crippen molar-refractivity contribution in [2.24, 2.45) is 5.41 Å². The normalized spacial score (nSPS) is 25.2. The van der Waals surface area contributed by atoms with Crippen molar-refractivity contribution in [3.05, 3.63) is 28.2 Å². The summed E-state index contributed by atoms with van der Waals surface area (Å²) < 4.78 is 7.20. The molecule has 0 saturated heterocycles. The smallest absolute Gasteiger partial charge is 0.146 e. The minimum atomic E-state index is -0.154. The van der Waals surface area contributed by atoms with Crippen molar-refractivity contribution in [1.29, 1.82) is 0 Å². The summed E-state index contributed by atoms with van der Waals surface area (Å²) in [6.45, 7) is 2.05. The van der Waals surface area contributed by atoms with E-state index in [1.165, 1.54) is 24.8 Å². The molecule has 3 rings (SSSR count). The number of rotatable bonds is 2. The third-order valence-corrected chi connectivity index (χ3v) is 5.59. The Labute approximate surface area is 122 Å². The number of hydrogen-bond acceptors (Lipinski definition) is 2. The number of ketones is 1. The van der Waals surface area contributed by atoms with Crippen LogP contribution in [-0.2, 0) is 4.79 Å². The van der Waals surface area contributed by atoms with Crippen LogP contribution in [0, 0.1) is 12.3 Å². The van der Waals surface area contributed by atoms with Gasteiger partial charge < -0.3 is 4.74 Å². The topological polar surface area (TPSA) is 26.3 Å². The van der Waals surface area contributed by atoms with Crippen LogP contribution in [0.4, 0.5) is 0 Å². The van der Waals surface area contributed by atoms with Crippen LogP contribution in [0.25, 0.3) is 0 Å². The molecule has 2 saturated carbocycles. The van der Waals surface area contributed by atoms with Crippen LogP contribution in [0.3, 0.4) is 0 Å². The Balaban J connectivity index is 1.76. The monoisotopic (exact) mass is 322 g/mol. The fraction of sp³-hybridized carbons (Fsp3) is 0.562. The Morgan fingerprint density at radius 3 is 2.63 bits per heavy atom. The molecular formula is C16H19BrO2. The van der Waals surface area contributed by atoms with Gasteiger partial charge in [0.15, 0.2) is 0 Å². The molecule has 0 aliphatic heterocycles. The summed E-state index contributed by atoms with van der Waals surface area (Å²) in [6.07, 6.45) is 6.34. The maximum Gasteiger partial charge on any atom is 0.146 e. The molecule has 102 valence electrons. The first kappa shape index (κ1) is 13.2. The summed E-state index contributed by atoms with van der Waals surface area (Å²) in [4.78, 5) is 12.0. The van der Waals surface area contributed by atoms with Crippen molar-refractivity contribution >= 4 is 21.7 Å². The maximum absolute atomic E-state index is 12.0. The van der Waals surface area contributed by atoms with Gasteiger partial charge in [-0.1, -0.05) is 35.2 Å². The molecule has 0 N–H and O–H groups in total. The van der Waals surface area contributed by atoms with Crippen LogP contribution >= 0.6 is 15.9 Å². The minimum absolute atomic E-state index is 0.0980. The van der Waals surface area contributed by atoms with Gasteiger partial charge in [-0.25, -0.2) is 0 Å². The molecule has 1 atom stereocenters. The molecule has 2 fully saturated rings. The Bertz CT molecular complexity index is 503. The molecule has 3 heteroatoms. The van der Waals surface area contributed by atoms with Crippen LogP contribution in [0.2, 0.25) is 0 Å². The van der Waals surface area contributed by atoms with Crippen LogP contribution in [0.15, 0.2) is 22.7 Å². The highest BCUT2D eigenvalue weighted by Crippen LogP contribution is 2.50. The van der Waals surface area contributed by atoms with Gasteiger partial charge in [0.1, 0.15) is 17.6 Å². The van der Waals surface area contributed by atoms with Gasteiger partial charge in [-0.15, -0.1) is 0 Å². The zero-order valence-corrected chi connectivity index (χ0v) is 12.8. The number of ether oxygens (including phenoxy) is 1. The second kappa shape index (κ2) is 4.93. The summed E-state index contributed by atoms with van der Waals surface area (Å²) in [7, 11) is 0. The van der Waals surface area contributed by atoms with Gasteiger partial charge >= 0.3 is 0 Å². The summed E-state index contributed by atoms with van der Waals surface area (Å²) in [5.41, 5.74) is 1.01. The van der Waals surface area contributed by atoms with Crippen molar-refractivity contribution in [2.75, 3.05) is 0 Å². The van der Waals surface area contributed by atoms with Gasteiger partial charge in [0.25, 0.3) is 0 Å². The van der Waals surface area contributed by atoms with E-state index < -0.39 is 0 Å². The van der Waals surface area contributed by atoms with Crippen LogP contribution in [-0.4, -0.2) is 11.9 Å². The Morgan fingerprint density at radius 2 is 2.00 bits per heavy atom. The van der Waals surface area contributed by atoms with Gasteiger partial charge in [-0.05, 0) is 43.5 Å². The Hall–Kier alpha value is -0.830. The second-order valence-electron chi connectivity index (χ2n) is 5.86. The predicted molar refractivity (Wildman–Crippen MR) is 78.4 cm³/mol. The van der Waals surface area contributed by atoms with Gasteiger partial charge in [0, 0.05) is 10.9 Å². The average molecular weight is 323 g/mol. The molecule has 0 heterocycles. The second-order valence-corrected chi connectivity index (χ2v) is 6.72. The zero-order valence-electron chi connectivity index (χ0n) is 11.2. The third kappa shape index (κ3) is 2.22. The lowest BCUT2D eigenvalue weighted by Crippen LogP contribution is -2.57. The van der Waals surface area contributed by atoms with Gasteiger partial charge in [0.05, 0.1) is 5.41 Å². The molecule has 2 aliphatic carbocycles. The van der Waals surface area contributed by atoms with E-state index in [0.29, 0.717) is 12.2 Å². The minimum Gasteiger partial charge on any atom is -0.489 e. The zero-order chi connectivity index (χ0) is 13.5. The first-order chi connectivity index (χ1) is 9.12.